The SMILES string of the molecule is CC(C)C(C)C(=O)OCc1ccc(NC(=O)[C@H](CCCNC(N)=O)NC(=O)[C@H](CC(N)=O)NC(=O)CCN2C(=O)C=CC2=O)cc1. The van der Waals surface area contributed by atoms with Crippen LogP contribution in [0, 0.1) is 11.8 Å². The Labute approximate surface area is 266 Å². The van der Waals surface area contributed by atoms with Gasteiger partial charge in [-0.2, -0.15) is 0 Å². The molecule has 0 saturated heterocycles. The van der Waals surface area contributed by atoms with Gasteiger partial charge in [0.25, 0.3) is 11.8 Å². The molecular formula is C30H41N7O9. The van der Waals surface area contributed by atoms with E-state index in [0.717, 1.165) is 17.1 Å². The molecule has 1 aliphatic rings. The van der Waals surface area contributed by atoms with Gasteiger partial charge in [-0.05, 0) is 36.5 Å². The molecule has 1 aromatic carbocycles. The molecule has 46 heavy (non-hydrogen) atoms. The number of carbonyl (C=O) groups excluding carboxylic acids is 8. The lowest BCUT2D eigenvalue weighted by Gasteiger charge is -2.23. The highest BCUT2D eigenvalue weighted by molar-refractivity contribution is 6.13. The van der Waals surface area contributed by atoms with Crippen LogP contribution in [0.5, 0.6) is 0 Å². The fraction of sp³-hybridized carbons (Fsp3) is 0.467. The third-order valence-electron chi connectivity index (χ3n) is 7.10. The molecule has 1 aliphatic heterocycles. The van der Waals surface area contributed by atoms with Gasteiger partial charge in [0.1, 0.15) is 18.7 Å². The molecule has 0 fully saturated rings. The lowest BCUT2D eigenvalue weighted by molar-refractivity contribution is -0.150. The number of amides is 8. The van der Waals surface area contributed by atoms with E-state index in [1.807, 2.05) is 13.8 Å². The summed E-state index contributed by atoms with van der Waals surface area (Å²) in [7, 11) is 0. The Kier molecular flexibility index (Phi) is 14.3. The van der Waals surface area contributed by atoms with Gasteiger partial charge in [-0.25, -0.2) is 4.79 Å². The maximum atomic E-state index is 13.2. The van der Waals surface area contributed by atoms with E-state index in [-0.39, 0.29) is 56.8 Å². The Morgan fingerprint density at radius 1 is 0.870 bits per heavy atom. The standard InChI is InChI=1S/C30H41N7O9/c1-17(2)18(3)29(44)46-16-19-6-8-20(9-7-19)34-27(42)21(5-4-13-33-30(32)45)36-28(43)22(15-23(31)38)35-24(39)12-14-37-25(40)10-11-26(37)41/h6-11,17-18,21-22H,4-5,12-16H2,1-3H3,(H2,31,38)(H,34,42)(H,35,39)(H,36,43)(H3,32,33,45)/t18?,21-,22-/m0/s1. The number of primary amides is 2. The van der Waals surface area contributed by atoms with Crippen LogP contribution >= 0.6 is 0 Å². The second-order valence-corrected chi connectivity index (χ2v) is 11.0. The van der Waals surface area contributed by atoms with Crippen LogP contribution in [-0.2, 0) is 44.9 Å². The molecule has 250 valence electrons. The van der Waals surface area contributed by atoms with Crippen LogP contribution < -0.4 is 32.7 Å². The molecule has 8 N–H and O–H groups in total. The number of rotatable bonds is 18. The summed E-state index contributed by atoms with van der Waals surface area (Å²) < 4.78 is 5.34. The number of nitrogens with two attached hydrogens (primary N) is 2. The van der Waals surface area contributed by atoms with Gasteiger partial charge in [-0.3, -0.25) is 38.5 Å². The summed E-state index contributed by atoms with van der Waals surface area (Å²) in [4.78, 5) is 98.1. The molecule has 1 aromatic rings. The lowest BCUT2D eigenvalue weighted by atomic mass is 9.99. The third-order valence-corrected chi connectivity index (χ3v) is 7.10. The maximum absolute atomic E-state index is 13.2. The Hall–Kier alpha value is -5.28. The number of esters is 1. The quantitative estimate of drug-likeness (QED) is 0.0689. The van der Waals surface area contributed by atoms with Gasteiger partial charge >= 0.3 is 12.0 Å². The molecule has 1 unspecified atom stereocenters. The van der Waals surface area contributed by atoms with Crippen molar-refractivity contribution in [1.82, 2.24) is 20.9 Å². The van der Waals surface area contributed by atoms with Crippen LogP contribution in [0.15, 0.2) is 36.4 Å². The van der Waals surface area contributed by atoms with Crippen LogP contribution in [0.3, 0.4) is 0 Å². The van der Waals surface area contributed by atoms with E-state index in [1.165, 1.54) is 0 Å². The van der Waals surface area contributed by atoms with Gasteiger partial charge < -0.3 is 37.5 Å². The molecule has 2 rings (SSSR count). The van der Waals surface area contributed by atoms with Crippen molar-refractivity contribution in [2.75, 3.05) is 18.4 Å². The highest BCUT2D eigenvalue weighted by atomic mass is 16.5. The average molecular weight is 644 g/mol. The van der Waals surface area contributed by atoms with E-state index in [0.29, 0.717) is 11.3 Å². The van der Waals surface area contributed by atoms with Gasteiger partial charge in [-0.1, -0.05) is 32.9 Å². The fourth-order valence-electron chi connectivity index (χ4n) is 4.07. The summed E-state index contributed by atoms with van der Waals surface area (Å²) in [6.07, 6.45) is 1.43. The minimum Gasteiger partial charge on any atom is -0.461 e. The van der Waals surface area contributed by atoms with Gasteiger partial charge in [-0.15, -0.1) is 0 Å². The number of urea groups is 1. The van der Waals surface area contributed by atoms with Crippen molar-refractivity contribution in [3.63, 3.8) is 0 Å². The van der Waals surface area contributed by atoms with E-state index in [1.54, 1.807) is 31.2 Å². The molecule has 0 bridgehead atoms. The predicted molar refractivity (Wildman–Crippen MR) is 164 cm³/mol. The van der Waals surface area contributed by atoms with Crippen molar-refractivity contribution in [3.05, 3.63) is 42.0 Å². The van der Waals surface area contributed by atoms with Crippen molar-refractivity contribution in [3.8, 4) is 0 Å². The zero-order valence-corrected chi connectivity index (χ0v) is 26.0. The van der Waals surface area contributed by atoms with E-state index in [2.05, 4.69) is 21.3 Å². The Balaban J connectivity index is 2.07. The fourth-order valence-corrected chi connectivity index (χ4v) is 4.07. The second-order valence-electron chi connectivity index (χ2n) is 11.0. The summed E-state index contributed by atoms with van der Waals surface area (Å²) >= 11 is 0. The number of nitrogens with one attached hydrogen (secondary N) is 4. The number of ether oxygens (including phenoxy) is 1. The lowest BCUT2D eigenvalue weighted by Crippen LogP contribution is -2.54. The Morgan fingerprint density at radius 3 is 2.07 bits per heavy atom. The predicted octanol–water partition coefficient (Wildman–Crippen LogP) is -0.431. The molecule has 16 heteroatoms. The van der Waals surface area contributed by atoms with E-state index >= 15 is 0 Å². The zero-order chi connectivity index (χ0) is 34.4. The number of imide groups is 1. The Morgan fingerprint density at radius 2 is 1.50 bits per heavy atom. The van der Waals surface area contributed by atoms with E-state index < -0.39 is 60.0 Å². The first kappa shape index (κ1) is 36.9. The van der Waals surface area contributed by atoms with Crippen LogP contribution in [0.2, 0.25) is 0 Å². The summed E-state index contributed by atoms with van der Waals surface area (Å²) in [5.41, 5.74) is 11.4. The van der Waals surface area contributed by atoms with Crippen LogP contribution in [0.25, 0.3) is 0 Å². The molecule has 0 aliphatic carbocycles. The van der Waals surface area contributed by atoms with Crippen molar-refractivity contribution < 1.29 is 43.1 Å². The number of carbonyl (C=O) groups is 8. The largest absolute Gasteiger partial charge is 0.461 e. The molecular weight excluding hydrogens is 602 g/mol. The first-order valence-corrected chi connectivity index (χ1v) is 14.7. The molecule has 16 nitrogen and oxygen atoms in total. The molecule has 0 spiro atoms. The molecule has 0 saturated carbocycles. The topological polar surface area (TPSA) is 249 Å². The molecule has 0 aromatic heterocycles. The molecule has 1 heterocycles. The van der Waals surface area contributed by atoms with Crippen molar-refractivity contribution >= 4 is 53.1 Å². The number of hydrogen-bond acceptors (Lipinski definition) is 9. The summed E-state index contributed by atoms with van der Waals surface area (Å²) in [6.45, 7) is 5.52. The van der Waals surface area contributed by atoms with Crippen LogP contribution in [-0.4, -0.2) is 77.5 Å². The van der Waals surface area contributed by atoms with Gasteiger partial charge in [0.05, 0.1) is 12.3 Å². The number of benzene rings is 1. The van der Waals surface area contributed by atoms with Crippen molar-refractivity contribution in [2.45, 2.75) is 65.1 Å². The number of anilines is 1. The summed E-state index contributed by atoms with van der Waals surface area (Å²) in [5.74, 6) is -4.81. The normalized spacial score (nSPS) is 14.3. The zero-order valence-electron chi connectivity index (χ0n) is 26.0. The summed E-state index contributed by atoms with van der Waals surface area (Å²) in [6, 6.07) is 3.07. The van der Waals surface area contributed by atoms with E-state index in [4.69, 9.17) is 16.2 Å². The maximum Gasteiger partial charge on any atom is 0.312 e. The molecule has 3 atom stereocenters. The third kappa shape index (κ3) is 12.4. The van der Waals surface area contributed by atoms with Crippen LogP contribution in [0.4, 0.5) is 10.5 Å². The highest BCUT2D eigenvalue weighted by Gasteiger charge is 2.29. The average Bonchev–Trinajstić information content (AvgIpc) is 3.31. The Bertz CT molecular complexity index is 1330. The van der Waals surface area contributed by atoms with Gasteiger partial charge in [0.2, 0.25) is 23.6 Å². The smallest absolute Gasteiger partial charge is 0.312 e. The number of hydrogen-bond donors (Lipinski definition) is 6. The van der Waals surface area contributed by atoms with Crippen molar-refractivity contribution in [1.29, 1.82) is 0 Å². The first-order chi connectivity index (χ1) is 21.7. The molecule has 0 radical (unpaired) electrons. The number of nitrogens with zero attached hydrogens (tertiary/aromatic N) is 1. The monoisotopic (exact) mass is 643 g/mol. The second kappa shape index (κ2) is 17.9. The van der Waals surface area contributed by atoms with Crippen molar-refractivity contribution in [2.24, 2.45) is 23.3 Å². The molecule has 8 amide bonds. The summed E-state index contributed by atoms with van der Waals surface area (Å²) in [5, 5.41) is 9.92. The van der Waals surface area contributed by atoms with Gasteiger partial charge in [0, 0.05) is 37.3 Å². The first-order valence-electron chi connectivity index (χ1n) is 14.7. The van der Waals surface area contributed by atoms with E-state index in [9.17, 15) is 38.4 Å². The van der Waals surface area contributed by atoms with Crippen LogP contribution in [0.1, 0.15) is 52.0 Å². The highest BCUT2D eigenvalue weighted by Crippen LogP contribution is 2.15. The minimum atomic E-state index is -1.47. The van der Waals surface area contributed by atoms with Gasteiger partial charge in [0.15, 0.2) is 0 Å². The minimum absolute atomic E-state index is 0.0311.